The fourth-order valence-corrected chi connectivity index (χ4v) is 4.43. The van der Waals surface area contributed by atoms with E-state index in [1.807, 2.05) is 0 Å². The summed E-state index contributed by atoms with van der Waals surface area (Å²) in [6.07, 6.45) is 2.72. The van der Waals surface area contributed by atoms with E-state index in [2.05, 4.69) is 24.7 Å². The van der Waals surface area contributed by atoms with E-state index < -0.39 is 46.0 Å². The summed E-state index contributed by atoms with van der Waals surface area (Å²) in [4.78, 5) is 16.2. The van der Waals surface area contributed by atoms with Crippen molar-refractivity contribution in [3.8, 4) is 34.8 Å². The lowest BCUT2D eigenvalue weighted by Gasteiger charge is -2.22. The van der Waals surface area contributed by atoms with Crippen molar-refractivity contribution in [1.29, 1.82) is 0 Å². The Morgan fingerprint density at radius 3 is 2.25 bits per heavy atom. The third-order valence-corrected chi connectivity index (χ3v) is 7.00. The molecule has 0 aliphatic heterocycles. The molecule has 4 aromatic rings. The van der Waals surface area contributed by atoms with Gasteiger partial charge >= 0.3 is 0 Å². The van der Waals surface area contributed by atoms with Crippen LogP contribution in [0.5, 0.6) is 23.1 Å². The largest absolute Gasteiger partial charge is 0.493 e. The van der Waals surface area contributed by atoms with Crippen LogP contribution in [0.15, 0.2) is 71.9 Å². The van der Waals surface area contributed by atoms with Crippen molar-refractivity contribution in [3.05, 3.63) is 72.6 Å². The molecule has 0 atom stereocenters. The lowest BCUT2D eigenvalue weighted by Crippen LogP contribution is -2.22. The zero-order chi connectivity index (χ0) is 32.3. The Labute approximate surface area is 237 Å². The highest BCUT2D eigenvalue weighted by molar-refractivity contribution is 7.92. The molecule has 0 unspecified atom stereocenters. The first kappa shape index (κ1) is 23.5. The van der Waals surface area contributed by atoms with Gasteiger partial charge in [-0.3, -0.25) is 4.72 Å². The van der Waals surface area contributed by atoms with Gasteiger partial charge in [0, 0.05) is 17.8 Å². The SMILES string of the molecule is [2H][13C]([2H])(O)[13C]([2H])([2H])Oc1nc(-c2ncccn2)nc(NS(=O)(=O)c2ccc(C(C)(C)CO)cc2)c1Oc1ccccc1OC. The van der Waals surface area contributed by atoms with Crippen molar-refractivity contribution in [1.82, 2.24) is 19.9 Å². The summed E-state index contributed by atoms with van der Waals surface area (Å²) < 4.78 is 77.0. The van der Waals surface area contributed by atoms with E-state index >= 15 is 0 Å². The van der Waals surface area contributed by atoms with Crippen LogP contribution in [0.25, 0.3) is 11.6 Å². The molecule has 210 valence electrons. The van der Waals surface area contributed by atoms with Crippen LogP contribution >= 0.6 is 0 Å². The number of aliphatic hydroxyl groups excluding tert-OH is 1. The molecule has 2 aromatic heterocycles. The number of methoxy groups -OCH3 is 1. The highest BCUT2D eigenvalue weighted by atomic mass is 32.2. The van der Waals surface area contributed by atoms with Gasteiger partial charge in [0.1, 0.15) is 6.56 Å². The predicted molar refractivity (Wildman–Crippen MR) is 146 cm³/mol. The number of nitrogens with zero attached hydrogens (tertiary/aromatic N) is 4. The van der Waals surface area contributed by atoms with Gasteiger partial charge in [0.05, 0.1) is 30.7 Å². The Bertz CT molecular complexity index is 1720. The summed E-state index contributed by atoms with van der Waals surface area (Å²) in [7, 11) is -3.07. The van der Waals surface area contributed by atoms with Crippen LogP contribution in [0.1, 0.15) is 24.9 Å². The molecule has 0 fully saturated rings. The summed E-state index contributed by atoms with van der Waals surface area (Å²) >= 11 is 0. The minimum absolute atomic E-state index is 0.00997. The van der Waals surface area contributed by atoms with Gasteiger partial charge in [0.15, 0.2) is 23.1 Å². The molecule has 0 saturated carbocycles. The minimum atomic E-state index is -4.43. The van der Waals surface area contributed by atoms with Gasteiger partial charge in [0.25, 0.3) is 15.9 Å². The molecule has 12 nitrogen and oxygen atoms in total. The lowest BCUT2D eigenvalue weighted by molar-refractivity contribution is 0.192. The molecule has 40 heavy (non-hydrogen) atoms. The number of para-hydroxylation sites is 2. The molecule has 0 aliphatic rings. The van der Waals surface area contributed by atoms with Gasteiger partial charge in [-0.2, -0.15) is 4.98 Å². The Hall–Kier alpha value is -4.33. The maximum atomic E-state index is 13.6. The first-order chi connectivity index (χ1) is 20.6. The van der Waals surface area contributed by atoms with E-state index in [1.54, 1.807) is 38.1 Å². The summed E-state index contributed by atoms with van der Waals surface area (Å²) in [5.74, 6) is -2.22. The standard InChI is InChI=1S/C27H29N5O7S/c1-27(2,17-34)18-9-11-19(12-10-18)40(35,36)32-23-22(39-21-8-5-4-7-20(21)37-3)26(38-16-15-33)31-25(30-23)24-28-13-6-14-29-24/h4-14,33-34H,15-17H2,1-3H3,(H,30,31,32)/i15+1D2,16+1D2. The molecule has 4 rings (SSSR count). The number of aliphatic hydroxyl groups is 2. The molecular weight excluding hydrogens is 540 g/mol. The van der Waals surface area contributed by atoms with Gasteiger partial charge in [-0.05, 0) is 35.9 Å². The number of hydrogen-bond acceptors (Lipinski definition) is 11. The molecule has 0 radical (unpaired) electrons. The molecule has 0 spiro atoms. The molecule has 0 saturated heterocycles. The second-order valence-electron chi connectivity index (χ2n) is 8.84. The van der Waals surface area contributed by atoms with Crippen molar-refractivity contribution >= 4 is 15.8 Å². The monoisotopic (exact) mass is 573 g/mol. The van der Waals surface area contributed by atoms with Crippen molar-refractivity contribution in [2.75, 3.05) is 31.6 Å². The van der Waals surface area contributed by atoms with Crippen LogP contribution in [0, 0.1) is 0 Å². The Kier molecular flexibility index (Phi) is 7.21. The van der Waals surface area contributed by atoms with E-state index in [9.17, 15) is 18.6 Å². The number of rotatable bonds is 12. The maximum Gasteiger partial charge on any atom is 0.263 e. The topological polar surface area (TPSA) is 166 Å². The zero-order valence-corrected chi connectivity index (χ0v) is 22.5. The fraction of sp³-hybridized carbons (Fsp3) is 0.259. The normalized spacial score (nSPS) is 13.8. The molecule has 0 bridgehead atoms. The minimum Gasteiger partial charge on any atom is -0.493 e. The Morgan fingerprint density at radius 2 is 1.62 bits per heavy atom. The van der Waals surface area contributed by atoms with E-state index in [-0.39, 0.29) is 34.7 Å². The third kappa shape index (κ3) is 6.45. The number of benzene rings is 2. The van der Waals surface area contributed by atoms with Crippen molar-refractivity contribution in [2.45, 2.75) is 24.2 Å². The first-order valence-corrected chi connectivity index (χ1v) is 13.2. The average Bonchev–Trinajstić information content (AvgIpc) is 2.98. The summed E-state index contributed by atoms with van der Waals surface area (Å²) in [6.45, 7) is -3.54. The molecule has 2 heterocycles. The van der Waals surface area contributed by atoms with Crippen molar-refractivity contribution in [3.63, 3.8) is 0 Å². The fourth-order valence-electron chi connectivity index (χ4n) is 3.42. The van der Waals surface area contributed by atoms with Crippen molar-refractivity contribution in [2.24, 2.45) is 0 Å². The van der Waals surface area contributed by atoms with Crippen LogP contribution in [-0.2, 0) is 15.4 Å². The molecule has 2 aromatic carbocycles. The first-order valence-electron chi connectivity index (χ1n) is 13.7. The molecule has 13 heteroatoms. The summed E-state index contributed by atoms with van der Waals surface area (Å²) in [5.41, 5.74) is 0.0480. The summed E-state index contributed by atoms with van der Waals surface area (Å²) in [5, 5.41) is 19.5. The number of sulfonamides is 1. The van der Waals surface area contributed by atoms with Crippen molar-refractivity contribution < 1.29 is 38.3 Å². The maximum absolute atomic E-state index is 13.6. The van der Waals surface area contributed by atoms with Crippen LogP contribution in [0.4, 0.5) is 5.82 Å². The highest BCUT2D eigenvalue weighted by Gasteiger charge is 2.27. The molecule has 3 N–H and O–H groups in total. The van der Waals surface area contributed by atoms with E-state index in [4.69, 9.17) is 19.7 Å². The smallest absolute Gasteiger partial charge is 0.263 e. The van der Waals surface area contributed by atoms with E-state index in [0.29, 0.717) is 5.56 Å². The van der Waals surface area contributed by atoms with Crippen LogP contribution in [0.2, 0.25) is 0 Å². The number of hydrogen-bond donors (Lipinski definition) is 3. The second kappa shape index (κ2) is 12.2. The average molecular weight is 574 g/mol. The quantitative estimate of drug-likeness (QED) is 0.213. The highest BCUT2D eigenvalue weighted by Crippen LogP contribution is 2.41. The third-order valence-electron chi connectivity index (χ3n) is 5.65. The molecule has 0 aliphatic carbocycles. The zero-order valence-electron chi connectivity index (χ0n) is 25.7. The Balaban J connectivity index is 1.92. The Morgan fingerprint density at radius 1 is 0.950 bits per heavy atom. The van der Waals surface area contributed by atoms with E-state index in [1.165, 1.54) is 49.8 Å². The number of aromatic nitrogens is 4. The van der Waals surface area contributed by atoms with Crippen LogP contribution < -0.4 is 18.9 Å². The molecule has 0 amide bonds. The van der Waals surface area contributed by atoms with Gasteiger partial charge in [-0.15, -0.1) is 0 Å². The van der Waals surface area contributed by atoms with Crippen LogP contribution in [0.3, 0.4) is 0 Å². The molecular formula is C27H29N5O7S. The van der Waals surface area contributed by atoms with Gasteiger partial charge in [-0.1, -0.05) is 38.1 Å². The van der Waals surface area contributed by atoms with E-state index in [0.717, 1.165) is 0 Å². The number of nitrogens with one attached hydrogen (secondary N) is 1. The number of anilines is 1. The number of ether oxygens (including phenoxy) is 3. The van der Waals surface area contributed by atoms with Gasteiger partial charge in [-0.25, -0.2) is 23.4 Å². The second-order valence-corrected chi connectivity index (χ2v) is 10.5. The predicted octanol–water partition coefficient (Wildman–Crippen LogP) is 3.18. The van der Waals surface area contributed by atoms with Gasteiger partial charge < -0.3 is 24.4 Å². The lowest BCUT2D eigenvalue weighted by atomic mass is 9.86. The van der Waals surface area contributed by atoms with Crippen LogP contribution in [-0.4, -0.2) is 65.4 Å². The summed E-state index contributed by atoms with van der Waals surface area (Å²) in [6, 6.07) is 13.5. The van der Waals surface area contributed by atoms with Gasteiger partial charge in [0.2, 0.25) is 11.6 Å².